The molecule has 1 aromatic heterocycles. The summed E-state index contributed by atoms with van der Waals surface area (Å²) in [6.07, 6.45) is 6.27. The molecule has 0 amide bonds. The van der Waals surface area contributed by atoms with E-state index in [0.29, 0.717) is 0 Å². The summed E-state index contributed by atoms with van der Waals surface area (Å²) < 4.78 is 0.969. The van der Waals surface area contributed by atoms with Gasteiger partial charge in [-0.2, -0.15) is 0 Å². The monoisotopic (exact) mass is 166 g/mol. The van der Waals surface area contributed by atoms with Crippen LogP contribution in [0.25, 0.3) is 0 Å². The van der Waals surface area contributed by atoms with Crippen LogP contribution < -0.4 is 0 Å². The quantitative estimate of drug-likeness (QED) is 0.618. The summed E-state index contributed by atoms with van der Waals surface area (Å²) in [5.74, 6) is 0. The average molecular weight is 166 g/mol. The number of quaternary nitrogens is 1. The van der Waals surface area contributed by atoms with E-state index in [-0.39, 0.29) is 0 Å². The SMILES string of the molecule is C[N+](C)(C)CCc1cnccn1. The van der Waals surface area contributed by atoms with Crippen LogP contribution in [0.3, 0.4) is 0 Å². The maximum atomic E-state index is 4.21. The number of hydrogen-bond acceptors (Lipinski definition) is 2. The maximum absolute atomic E-state index is 4.21. The van der Waals surface area contributed by atoms with Gasteiger partial charge < -0.3 is 4.48 Å². The van der Waals surface area contributed by atoms with Crippen LogP contribution in [0, 0.1) is 0 Å². The van der Waals surface area contributed by atoms with Gasteiger partial charge in [-0.3, -0.25) is 9.97 Å². The zero-order chi connectivity index (χ0) is 9.03. The molecule has 12 heavy (non-hydrogen) atoms. The van der Waals surface area contributed by atoms with Gasteiger partial charge in [-0.25, -0.2) is 0 Å². The number of hydrogen-bond donors (Lipinski definition) is 0. The lowest BCUT2D eigenvalue weighted by atomic mass is 10.3. The average Bonchev–Trinajstić information content (AvgIpc) is 2.02. The van der Waals surface area contributed by atoms with E-state index in [1.165, 1.54) is 0 Å². The van der Waals surface area contributed by atoms with Crippen LogP contribution in [-0.4, -0.2) is 42.1 Å². The molecule has 0 aliphatic carbocycles. The molecule has 1 heterocycles. The summed E-state index contributed by atoms with van der Waals surface area (Å²) in [6.45, 7) is 1.10. The molecule has 0 radical (unpaired) electrons. The summed E-state index contributed by atoms with van der Waals surface area (Å²) in [5.41, 5.74) is 1.07. The van der Waals surface area contributed by atoms with Crippen molar-refractivity contribution < 1.29 is 4.48 Å². The predicted octanol–water partition coefficient (Wildman–Crippen LogP) is 0.725. The van der Waals surface area contributed by atoms with Crippen LogP contribution in [0.15, 0.2) is 18.6 Å². The molecule has 0 atom stereocenters. The molecule has 3 nitrogen and oxygen atoms in total. The Balaban J connectivity index is 2.44. The van der Waals surface area contributed by atoms with Gasteiger partial charge in [0.05, 0.1) is 33.4 Å². The molecule has 0 fully saturated rings. The number of rotatable bonds is 3. The molecule has 0 bridgehead atoms. The van der Waals surface area contributed by atoms with E-state index in [9.17, 15) is 0 Å². The summed E-state index contributed by atoms with van der Waals surface area (Å²) in [6, 6.07) is 0. The topological polar surface area (TPSA) is 25.8 Å². The molecular formula is C9H16N3+. The zero-order valence-electron chi connectivity index (χ0n) is 7.99. The Morgan fingerprint density at radius 2 is 2.00 bits per heavy atom. The maximum Gasteiger partial charge on any atom is 0.0837 e. The molecule has 0 aliphatic heterocycles. The van der Waals surface area contributed by atoms with Crippen molar-refractivity contribution in [2.75, 3.05) is 27.7 Å². The molecule has 0 N–H and O–H groups in total. The van der Waals surface area contributed by atoms with E-state index in [0.717, 1.165) is 23.1 Å². The zero-order valence-corrected chi connectivity index (χ0v) is 7.99. The molecule has 1 aromatic rings. The Hall–Kier alpha value is -0.960. The number of likely N-dealkylation sites (N-methyl/N-ethyl adjacent to an activating group) is 1. The first-order chi connectivity index (χ1) is 5.58. The third-order valence-corrected chi connectivity index (χ3v) is 1.66. The Labute approximate surface area is 73.7 Å². The second-order valence-electron chi connectivity index (χ2n) is 3.96. The van der Waals surface area contributed by atoms with Gasteiger partial charge >= 0.3 is 0 Å². The van der Waals surface area contributed by atoms with Gasteiger partial charge in [-0.1, -0.05) is 0 Å². The minimum atomic E-state index is 0.969. The molecule has 0 aromatic carbocycles. The Kier molecular flexibility index (Phi) is 2.76. The highest BCUT2D eigenvalue weighted by molar-refractivity contribution is 4.94. The van der Waals surface area contributed by atoms with Crippen molar-refractivity contribution in [3.63, 3.8) is 0 Å². The normalized spacial score (nSPS) is 11.6. The summed E-state index contributed by atoms with van der Waals surface area (Å²) in [4.78, 5) is 8.23. The van der Waals surface area contributed by atoms with Crippen molar-refractivity contribution in [3.8, 4) is 0 Å². The molecule has 1 rings (SSSR count). The van der Waals surface area contributed by atoms with E-state index >= 15 is 0 Å². The highest BCUT2D eigenvalue weighted by Gasteiger charge is 2.06. The van der Waals surface area contributed by atoms with E-state index in [1.54, 1.807) is 12.4 Å². The van der Waals surface area contributed by atoms with E-state index in [1.807, 2.05) is 6.20 Å². The minimum absolute atomic E-state index is 0.969. The van der Waals surface area contributed by atoms with Crippen molar-refractivity contribution in [1.82, 2.24) is 9.97 Å². The largest absolute Gasteiger partial charge is 0.331 e. The Morgan fingerprint density at radius 3 is 2.50 bits per heavy atom. The first kappa shape index (κ1) is 9.13. The lowest BCUT2D eigenvalue weighted by Gasteiger charge is -2.23. The van der Waals surface area contributed by atoms with Crippen LogP contribution >= 0.6 is 0 Å². The van der Waals surface area contributed by atoms with Crippen LogP contribution in [0.5, 0.6) is 0 Å². The molecule has 0 saturated carbocycles. The van der Waals surface area contributed by atoms with Gasteiger partial charge in [-0.05, 0) is 0 Å². The number of aromatic nitrogens is 2. The van der Waals surface area contributed by atoms with E-state index in [4.69, 9.17) is 0 Å². The third-order valence-electron chi connectivity index (χ3n) is 1.66. The van der Waals surface area contributed by atoms with Crippen molar-refractivity contribution >= 4 is 0 Å². The first-order valence-electron chi connectivity index (χ1n) is 4.13. The summed E-state index contributed by atoms with van der Waals surface area (Å²) in [7, 11) is 6.53. The van der Waals surface area contributed by atoms with Crippen LogP contribution in [0.2, 0.25) is 0 Å². The van der Waals surface area contributed by atoms with Gasteiger partial charge in [0.2, 0.25) is 0 Å². The highest BCUT2D eigenvalue weighted by Crippen LogP contribution is 1.97. The fourth-order valence-electron chi connectivity index (χ4n) is 0.909. The molecule has 0 aliphatic rings. The van der Waals surface area contributed by atoms with Crippen molar-refractivity contribution in [3.05, 3.63) is 24.3 Å². The molecule has 66 valence electrons. The van der Waals surface area contributed by atoms with Crippen LogP contribution in [-0.2, 0) is 6.42 Å². The minimum Gasteiger partial charge on any atom is -0.331 e. The van der Waals surface area contributed by atoms with Gasteiger partial charge in [0.1, 0.15) is 0 Å². The highest BCUT2D eigenvalue weighted by atomic mass is 15.3. The standard InChI is InChI=1S/C9H16N3/c1-12(2,3)7-4-9-8-10-5-6-11-9/h5-6,8H,4,7H2,1-3H3/q+1. The lowest BCUT2D eigenvalue weighted by Crippen LogP contribution is -2.36. The van der Waals surface area contributed by atoms with Crippen molar-refractivity contribution in [1.29, 1.82) is 0 Å². The molecule has 0 spiro atoms. The Morgan fingerprint density at radius 1 is 1.25 bits per heavy atom. The van der Waals surface area contributed by atoms with Crippen LogP contribution in [0.4, 0.5) is 0 Å². The smallest absolute Gasteiger partial charge is 0.0837 e. The van der Waals surface area contributed by atoms with Crippen molar-refractivity contribution in [2.24, 2.45) is 0 Å². The summed E-state index contributed by atoms with van der Waals surface area (Å²) >= 11 is 0. The second-order valence-corrected chi connectivity index (χ2v) is 3.96. The van der Waals surface area contributed by atoms with Crippen molar-refractivity contribution in [2.45, 2.75) is 6.42 Å². The fraction of sp³-hybridized carbons (Fsp3) is 0.556. The van der Waals surface area contributed by atoms with Gasteiger partial charge in [0.25, 0.3) is 0 Å². The van der Waals surface area contributed by atoms with E-state index < -0.39 is 0 Å². The molecule has 3 heteroatoms. The Bertz CT molecular complexity index is 225. The van der Waals surface area contributed by atoms with Gasteiger partial charge in [-0.15, -0.1) is 0 Å². The second kappa shape index (κ2) is 3.63. The predicted molar refractivity (Wildman–Crippen MR) is 48.6 cm³/mol. The fourth-order valence-corrected chi connectivity index (χ4v) is 0.909. The lowest BCUT2D eigenvalue weighted by molar-refractivity contribution is -0.870. The third kappa shape index (κ3) is 3.44. The van der Waals surface area contributed by atoms with Gasteiger partial charge in [0, 0.05) is 25.0 Å². The van der Waals surface area contributed by atoms with Gasteiger partial charge in [0.15, 0.2) is 0 Å². The molecule has 0 unspecified atom stereocenters. The molecular weight excluding hydrogens is 150 g/mol. The van der Waals surface area contributed by atoms with Crippen LogP contribution in [0.1, 0.15) is 5.69 Å². The summed E-state index contributed by atoms with van der Waals surface area (Å²) in [5, 5.41) is 0. The number of nitrogens with zero attached hydrogens (tertiary/aromatic N) is 3. The van der Waals surface area contributed by atoms with E-state index in [2.05, 4.69) is 31.1 Å². The molecule has 0 saturated heterocycles. The first-order valence-corrected chi connectivity index (χ1v) is 4.13.